The van der Waals surface area contributed by atoms with Crippen molar-refractivity contribution in [3.05, 3.63) is 41.6 Å². The van der Waals surface area contributed by atoms with Crippen molar-refractivity contribution in [1.29, 1.82) is 0 Å². The maximum absolute atomic E-state index is 12.8. The summed E-state index contributed by atoms with van der Waals surface area (Å²) in [5.41, 5.74) is 1.66. The van der Waals surface area contributed by atoms with E-state index in [1.807, 2.05) is 35.1 Å². The number of nitrogens with zero attached hydrogens (tertiary/aromatic N) is 4. The molecule has 0 bridgehead atoms. The zero-order valence-corrected chi connectivity index (χ0v) is 20.7. The number of piperidine rings is 1. The quantitative estimate of drug-likeness (QED) is 0.694. The number of ether oxygens (including phenoxy) is 1. The van der Waals surface area contributed by atoms with Crippen LogP contribution in [-0.4, -0.2) is 64.4 Å². The fourth-order valence-electron chi connectivity index (χ4n) is 5.26. The molecule has 1 aromatic heterocycles. The SMILES string of the molecule is COc1ccc(Cn2cc3c(n2)N(CC2CCN(C(=O)O)C(C(C)(C)C)C2)CCCC3=O)cc1. The van der Waals surface area contributed by atoms with Crippen LogP contribution in [0, 0.1) is 11.3 Å². The first-order valence-corrected chi connectivity index (χ1v) is 12.1. The third-order valence-electron chi connectivity index (χ3n) is 7.11. The fraction of sp³-hybridized carbons (Fsp3) is 0.577. The molecule has 184 valence electrons. The van der Waals surface area contributed by atoms with Gasteiger partial charge in [0.05, 0.1) is 19.2 Å². The van der Waals surface area contributed by atoms with Gasteiger partial charge < -0.3 is 19.6 Å². The van der Waals surface area contributed by atoms with E-state index in [4.69, 9.17) is 9.84 Å². The van der Waals surface area contributed by atoms with Crippen molar-refractivity contribution in [3.63, 3.8) is 0 Å². The first kappa shape index (κ1) is 24.1. The van der Waals surface area contributed by atoms with E-state index in [-0.39, 0.29) is 17.2 Å². The van der Waals surface area contributed by atoms with Crippen LogP contribution in [0.15, 0.2) is 30.5 Å². The Morgan fingerprint density at radius 3 is 2.59 bits per heavy atom. The number of benzene rings is 1. The molecule has 2 aromatic rings. The molecular formula is C26H36N4O4. The van der Waals surface area contributed by atoms with E-state index in [1.165, 1.54) is 0 Å². The van der Waals surface area contributed by atoms with Crippen molar-refractivity contribution in [2.75, 3.05) is 31.6 Å². The first-order chi connectivity index (χ1) is 16.2. The molecule has 2 aliphatic rings. The highest BCUT2D eigenvalue weighted by molar-refractivity contribution is 6.01. The highest BCUT2D eigenvalue weighted by atomic mass is 16.5. The van der Waals surface area contributed by atoms with Crippen LogP contribution in [-0.2, 0) is 6.54 Å². The second kappa shape index (κ2) is 9.68. The molecule has 2 aliphatic heterocycles. The number of anilines is 1. The zero-order chi connectivity index (χ0) is 24.5. The predicted octanol–water partition coefficient (Wildman–Crippen LogP) is 4.53. The van der Waals surface area contributed by atoms with Gasteiger partial charge in [-0.1, -0.05) is 32.9 Å². The third kappa shape index (κ3) is 5.21. The molecule has 0 aliphatic carbocycles. The van der Waals surface area contributed by atoms with Crippen molar-refractivity contribution in [2.45, 2.75) is 59.0 Å². The smallest absolute Gasteiger partial charge is 0.407 e. The minimum Gasteiger partial charge on any atom is -0.497 e. The summed E-state index contributed by atoms with van der Waals surface area (Å²) in [5, 5.41) is 14.5. The Bertz CT molecular complexity index is 1020. The van der Waals surface area contributed by atoms with Crippen LogP contribution in [0.5, 0.6) is 5.75 Å². The molecule has 0 spiro atoms. The van der Waals surface area contributed by atoms with Crippen molar-refractivity contribution < 1.29 is 19.4 Å². The number of hydrogen-bond acceptors (Lipinski definition) is 5. The van der Waals surface area contributed by atoms with Gasteiger partial charge in [-0.2, -0.15) is 5.10 Å². The number of hydrogen-bond donors (Lipinski definition) is 1. The van der Waals surface area contributed by atoms with Gasteiger partial charge in [0.2, 0.25) is 0 Å². The summed E-state index contributed by atoms with van der Waals surface area (Å²) >= 11 is 0. The Morgan fingerprint density at radius 1 is 1.21 bits per heavy atom. The highest BCUT2D eigenvalue weighted by Gasteiger charge is 2.39. The van der Waals surface area contributed by atoms with E-state index in [2.05, 4.69) is 25.7 Å². The van der Waals surface area contributed by atoms with Gasteiger partial charge in [-0.15, -0.1) is 0 Å². The zero-order valence-electron chi connectivity index (χ0n) is 20.7. The largest absolute Gasteiger partial charge is 0.497 e. The lowest BCUT2D eigenvalue weighted by atomic mass is 9.77. The lowest BCUT2D eigenvalue weighted by Crippen LogP contribution is -2.53. The van der Waals surface area contributed by atoms with Gasteiger partial charge in [-0.3, -0.25) is 9.48 Å². The van der Waals surface area contributed by atoms with Crippen molar-refractivity contribution >= 4 is 17.7 Å². The number of aromatic nitrogens is 2. The average Bonchev–Trinajstić information content (AvgIpc) is 3.16. The molecule has 2 unspecified atom stereocenters. The monoisotopic (exact) mass is 468 g/mol. The Morgan fingerprint density at radius 2 is 1.94 bits per heavy atom. The summed E-state index contributed by atoms with van der Waals surface area (Å²) in [6.45, 7) is 9.05. The second-order valence-electron chi connectivity index (χ2n) is 10.6. The van der Waals surface area contributed by atoms with Crippen LogP contribution in [0.1, 0.15) is 62.4 Å². The standard InChI is InChI=1S/C26H36N4O4/c1-26(2,3)23-14-19(11-13-30(23)25(32)33)15-28-12-5-6-22(31)21-17-29(27-24(21)28)16-18-7-9-20(34-4)10-8-18/h7-10,17,19,23H,5-6,11-16H2,1-4H3,(H,32,33). The Hall–Kier alpha value is -3.03. The normalized spacial score (nSPS) is 21.2. The molecule has 8 nitrogen and oxygen atoms in total. The van der Waals surface area contributed by atoms with Crippen LogP contribution in [0.2, 0.25) is 0 Å². The highest BCUT2D eigenvalue weighted by Crippen LogP contribution is 2.36. The van der Waals surface area contributed by atoms with Crippen LogP contribution < -0.4 is 9.64 Å². The van der Waals surface area contributed by atoms with E-state index < -0.39 is 6.09 Å². The molecule has 1 amide bonds. The molecule has 3 heterocycles. The number of methoxy groups -OCH3 is 1. The van der Waals surface area contributed by atoms with Crippen LogP contribution >= 0.6 is 0 Å². The molecule has 8 heteroatoms. The Balaban J connectivity index is 1.52. The molecule has 4 rings (SSSR count). The van der Waals surface area contributed by atoms with Crippen LogP contribution in [0.25, 0.3) is 0 Å². The third-order valence-corrected chi connectivity index (χ3v) is 7.11. The maximum atomic E-state index is 12.8. The predicted molar refractivity (Wildman–Crippen MR) is 131 cm³/mol. The number of ketones is 1. The molecule has 1 saturated heterocycles. The Labute approximate surface area is 201 Å². The van der Waals surface area contributed by atoms with Crippen molar-refractivity contribution in [3.8, 4) is 5.75 Å². The number of carbonyl (C=O) groups is 2. The van der Waals surface area contributed by atoms with Crippen LogP contribution in [0.3, 0.4) is 0 Å². The van der Waals surface area contributed by atoms with Crippen molar-refractivity contribution in [2.24, 2.45) is 11.3 Å². The molecule has 2 atom stereocenters. The fourth-order valence-corrected chi connectivity index (χ4v) is 5.26. The van der Waals surface area contributed by atoms with Gasteiger partial charge in [0, 0.05) is 38.3 Å². The van der Waals surface area contributed by atoms with E-state index >= 15 is 0 Å². The van der Waals surface area contributed by atoms with E-state index in [9.17, 15) is 14.7 Å². The topological polar surface area (TPSA) is 87.9 Å². The summed E-state index contributed by atoms with van der Waals surface area (Å²) < 4.78 is 7.09. The number of rotatable bonds is 5. The first-order valence-electron chi connectivity index (χ1n) is 12.1. The van der Waals surface area contributed by atoms with Crippen molar-refractivity contribution in [1.82, 2.24) is 14.7 Å². The number of likely N-dealkylation sites (tertiary alicyclic amines) is 1. The number of carboxylic acid groups (broad SMARTS) is 1. The number of carbonyl (C=O) groups excluding carboxylic acids is 1. The number of fused-ring (bicyclic) bond motifs is 1. The second-order valence-corrected chi connectivity index (χ2v) is 10.6. The molecule has 34 heavy (non-hydrogen) atoms. The molecule has 1 N–H and O–H groups in total. The number of amides is 1. The minimum atomic E-state index is -0.835. The van der Waals surface area contributed by atoms with E-state index in [1.54, 1.807) is 12.0 Å². The van der Waals surface area contributed by atoms with Gasteiger partial charge in [-0.05, 0) is 48.3 Å². The maximum Gasteiger partial charge on any atom is 0.407 e. The summed E-state index contributed by atoms with van der Waals surface area (Å²) in [6, 6.07) is 7.85. The van der Waals surface area contributed by atoms with E-state index in [0.29, 0.717) is 31.0 Å². The van der Waals surface area contributed by atoms with Gasteiger partial charge in [0.1, 0.15) is 5.75 Å². The van der Waals surface area contributed by atoms with E-state index in [0.717, 1.165) is 49.5 Å². The average molecular weight is 469 g/mol. The summed E-state index contributed by atoms with van der Waals surface area (Å²) in [7, 11) is 1.65. The summed E-state index contributed by atoms with van der Waals surface area (Å²) in [5.74, 6) is 2.08. The van der Waals surface area contributed by atoms with Gasteiger partial charge >= 0.3 is 6.09 Å². The van der Waals surface area contributed by atoms with Crippen LogP contribution in [0.4, 0.5) is 10.6 Å². The molecule has 1 aromatic carbocycles. The Kier molecular flexibility index (Phi) is 6.86. The lowest BCUT2D eigenvalue weighted by molar-refractivity contribution is 0.0418. The summed E-state index contributed by atoms with van der Waals surface area (Å²) in [6.07, 6.45) is 4.03. The number of Topliss-reactive ketones (excluding diaryl/α,β-unsaturated/α-hetero) is 1. The van der Waals surface area contributed by atoms with Gasteiger partial charge in [0.25, 0.3) is 0 Å². The minimum absolute atomic E-state index is 0.0236. The molecule has 0 radical (unpaired) electrons. The lowest BCUT2D eigenvalue weighted by Gasteiger charge is -2.45. The van der Waals surface area contributed by atoms with Gasteiger partial charge in [-0.25, -0.2) is 4.79 Å². The van der Waals surface area contributed by atoms with Gasteiger partial charge in [0.15, 0.2) is 11.6 Å². The molecular weight excluding hydrogens is 432 g/mol. The molecule has 1 fully saturated rings. The summed E-state index contributed by atoms with van der Waals surface area (Å²) in [4.78, 5) is 28.5. The molecule has 0 saturated carbocycles.